The Hall–Kier alpha value is -2.83. The zero-order valence-corrected chi connectivity index (χ0v) is 17.1. The fourth-order valence-electron chi connectivity index (χ4n) is 3.39. The maximum Gasteiger partial charge on any atom is 0.261 e. The second kappa shape index (κ2) is 7.89. The molecule has 5 nitrogen and oxygen atoms in total. The van der Waals surface area contributed by atoms with Gasteiger partial charge >= 0.3 is 0 Å². The summed E-state index contributed by atoms with van der Waals surface area (Å²) in [6.45, 7) is 1.19. The fraction of sp³-hybridized carbons (Fsp3) is 0.136. The van der Waals surface area contributed by atoms with Crippen molar-refractivity contribution in [3.05, 3.63) is 94.5 Å². The van der Waals surface area contributed by atoms with E-state index in [1.54, 1.807) is 29.2 Å². The van der Waals surface area contributed by atoms with E-state index >= 15 is 0 Å². The molecule has 148 valence electrons. The number of benzene rings is 3. The number of carbonyl (C=O) groups excluding carboxylic acids is 1. The van der Waals surface area contributed by atoms with Crippen LogP contribution < -0.4 is 4.72 Å². The first-order valence-electron chi connectivity index (χ1n) is 9.17. The van der Waals surface area contributed by atoms with Gasteiger partial charge in [0.25, 0.3) is 15.9 Å². The van der Waals surface area contributed by atoms with Gasteiger partial charge < -0.3 is 4.90 Å². The number of nitrogens with one attached hydrogen (secondary N) is 1. The van der Waals surface area contributed by atoms with Crippen LogP contribution in [0.15, 0.2) is 77.7 Å². The van der Waals surface area contributed by atoms with Gasteiger partial charge in [0.2, 0.25) is 0 Å². The van der Waals surface area contributed by atoms with Crippen molar-refractivity contribution in [1.82, 2.24) is 4.90 Å². The number of halogens is 1. The van der Waals surface area contributed by atoms with E-state index < -0.39 is 10.0 Å². The van der Waals surface area contributed by atoms with E-state index in [1.807, 2.05) is 18.2 Å². The van der Waals surface area contributed by atoms with Crippen molar-refractivity contribution in [2.45, 2.75) is 17.9 Å². The molecule has 1 N–H and O–H groups in total. The van der Waals surface area contributed by atoms with Gasteiger partial charge in [-0.2, -0.15) is 0 Å². The number of rotatable bonds is 4. The summed E-state index contributed by atoms with van der Waals surface area (Å²) < 4.78 is 27.5. The maximum absolute atomic E-state index is 12.9. The summed E-state index contributed by atoms with van der Waals surface area (Å²) in [5.41, 5.74) is 3.07. The summed E-state index contributed by atoms with van der Waals surface area (Å²) in [5, 5.41) is 0.174. The van der Waals surface area contributed by atoms with Gasteiger partial charge in [0.15, 0.2) is 0 Å². The normalized spacial score (nSPS) is 13.6. The molecular formula is C22H19ClN2O3S. The average molecular weight is 427 g/mol. The van der Waals surface area contributed by atoms with Crippen LogP contribution in [0, 0.1) is 0 Å². The maximum atomic E-state index is 12.9. The molecule has 3 aromatic carbocycles. The van der Waals surface area contributed by atoms with E-state index in [2.05, 4.69) is 10.8 Å². The topological polar surface area (TPSA) is 66.5 Å². The number of amides is 1. The second-order valence-electron chi connectivity index (χ2n) is 6.86. The Morgan fingerprint density at radius 3 is 2.34 bits per heavy atom. The quantitative estimate of drug-likeness (QED) is 0.674. The number of nitrogens with zero attached hydrogens (tertiary/aromatic N) is 1. The predicted octanol–water partition coefficient (Wildman–Crippen LogP) is 4.34. The molecule has 0 aliphatic carbocycles. The van der Waals surface area contributed by atoms with Crippen molar-refractivity contribution in [3.63, 3.8) is 0 Å². The molecule has 0 radical (unpaired) electrons. The third-order valence-corrected chi connectivity index (χ3v) is 6.63. The smallest absolute Gasteiger partial charge is 0.261 e. The summed E-state index contributed by atoms with van der Waals surface area (Å²) >= 11 is 6.29. The molecular weight excluding hydrogens is 408 g/mol. The average Bonchev–Trinajstić information content (AvgIpc) is 2.75. The van der Waals surface area contributed by atoms with Crippen molar-refractivity contribution in [2.24, 2.45) is 0 Å². The third-order valence-electron chi connectivity index (χ3n) is 4.93. The van der Waals surface area contributed by atoms with Crippen LogP contribution in [0.1, 0.15) is 21.5 Å². The fourth-order valence-corrected chi connectivity index (χ4v) is 4.77. The molecule has 4 rings (SSSR count). The van der Waals surface area contributed by atoms with Gasteiger partial charge in [0.1, 0.15) is 0 Å². The first kappa shape index (κ1) is 19.5. The molecule has 1 aliphatic rings. The molecule has 0 unspecified atom stereocenters. The minimum atomic E-state index is -3.75. The molecule has 1 amide bonds. The lowest BCUT2D eigenvalue weighted by Gasteiger charge is -2.29. The molecule has 0 saturated heterocycles. The number of sulfonamides is 1. The van der Waals surface area contributed by atoms with Crippen LogP contribution in [-0.4, -0.2) is 25.8 Å². The number of carbonyl (C=O) groups is 1. The van der Waals surface area contributed by atoms with Crippen LogP contribution in [0.3, 0.4) is 0 Å². The van der Waals surface area contributed by atoms with E-state index in [9.17, 15) is 13.2 Å². The van der Waals surface area contributed by atoms with Crippen molar-refractivity contribution in [1.29, 1.82) is 0 Å². The molecule has 1 heterocycles. The predicted molar refractivity (Wildman–Crippen MR) is 114 cm³/mol. The highest BCUT2D eigenvalue weighted by molar-refractivity contribution is 7.92. The number of hydrogen-bond acceptors (Lipinski definition) is 3. The number of hydrogen-bond donors (Lipinski definition) is 1. The van der Waals surface area contributed by atoms with Gasteiger partial charge in [-0.15, -0.1) is 0 Å². The van der Waals surface area contributed by atoms with Crippen LogP contribution in [0.2, 0.25) is 5.02 Å². The van der Waals surface area contributed by atoms with Gasteiger partial charge in [-0.1, -0.05) is 54.1 Å². The monoisotopic (exact) mass is 426 g/mol. The van der Waals surface area contributed by atoms with Crippen LogP contribution in [0.4, 0.5) is 5.69 Å². The third kappa shape index (κ3) is 4.13. The van der Waals surface area contributed by atoms with Crippen molar-refractivity contribution < 1.29 is 13.2 Å². The van der Waals surface area contributed by atoms with E-state index in [0.717, 1.165) is 12.0 Å². The lowest BCUT2D eigenvalue weighted by atomic mass is 9.99. The molecule has 0 atom stereocenters. The van der Waals surface area contributed by atoms with Gasteiger partial charge in [-0.25, -0.2) is 8.42 Å². The number of fused-ring (bicyclic) bond motifs is 1. The summed E-state index contributed by atoms with van der Waals surface area (Å²) in [6.07, 6.45) is 0.810. The van der Waals surface area contributed by atoms with Gasteiger partial charge in [0, 0.05) is 18.7 Å². The molecule has 3 aromatic rings. The molecule has 1 aliphatic heterocycles. The van der Waals surface area contributed by atoms with E-state index in [1.165, 1.54) is 29.8 Å². The molecule has 0 spiro atoms. The summed E-state index contributed by atoms with van der Waals surface area (Å²) in [7, 11) is -3.75. The highest BCUT2D eigenvalue weighted by Gasteiger charge is 2.23. The Morgan fingerprint density at radius 2 is 1.62 bits per heavy atom. The summed E-state index contributed by atoms with van der Waals surface area (Å²) in [4.78, 5) is 14.8. The summed E-state index contributed by atoms with van der Waals surface area (Å²) in [6, 6.07) is 20.8. The van der Waals surface area contributed by atoms with Crippen molar-refractivity contribution in [2.75, 3.05) is 11.3 Å². The largest absolute Gasteiger partial charge is 0.334 e. The molecule has 29 heavy (non-hydrogen) atoms. The minimum absolute atomic E-state index is 0.126. The SMILES string of the molecule is O=C(c1ccc(NS(=O)(=O)c2ccccc2)c(Cl)c1)N1CCc2ccccc2C1. The second-order valence-corrected chi connectivity index (χ2v) is 8.95. The van der Waals surface area contributed by atoms with Crippen LogP contribution in [0.25, 0.3) is 0 Å². The molecule has 0 fully saturated rings. The molecule has 0 bridgehead atoms. The lowest BCUT2D eigenvalue weighted by Crippen LogP contribution is -2.35. The van der Waals surface area contributed by atoms with Gasteiger partial charge in [-0.3, -0.25) is 9.52 Å². The van der Waals surface area contributed by atoms with Crippen molar-refractivity contribution in [3.8, 4) is 0 Å². The van der Waals surface area contributed by atoms with E-state index in [-0.39, 0.29) is 21.5 Å². The standard InChI is InChI=1S/C22H19ClN2O3S/c23-20-14-17(22(26)25-13-12-16-6-4-5-7-18(16)15-25)10-11-21(20)24-29(27,28)19-8-2-1-3-9-19/h1-11,14,24H,12-13,15H2. The summed E-state index contributed by atoms with van der Waals surface area (Å²) in [5.74, 6) is -0.126. The molecule has 7 heteroatoms. The van der Waals surface area contributed by atoms with Gasteiger partial charge in [0.05, 0.1) is 15.6 Å². The molecule has 0 saturated carbocycles. The number of anilines is 1. The Balaban J connectivity index is 1.52. The first-order valence-corrected chi connectivity index (χ1v) is 11.0. The highest BCUT2D eigenvalue weighted by Crippen LogP contribution is 2.27. The Bertz CT molecular complexity index is 1160. The Labute approximate surface area is 175 Å². The first-order chi connectivity index (χ1) is 13.9. The molecule has 0 aromatic heterocycles. The Kier molecular flexibility index (Phi) is 5.30. The Morgan fingerprint density at radius 1 is 0.931 bits per heavy atom. The zero-order chi connectivity index (χ0) is 20.4. The highest BCUT2D eigenvalue weighted by atomic mass is 35.5. The van der Waals surface area contributed by atoms with Crippen LogP contribution in [-0.2, 0) is 23.0 Å². The van der Waals surface area contributed by atoms with E-state index in [4.69, 9.17) is 11.6 Å². The van der Waals surface area contributed by atoms with E-state index in [0.29, 0.717) is 18.7 Å². The lowest BCUT2D eigenvalue weighted by molar-refractivity contribution is 0.0734. The van der Waals surface area contributed by atoms with Gasteiger partial charge in [-0.05, 0) is 47.9 Å². The minimum Gasteiger partial charge on any atom is -0.334 e. The zero-order valence-electron chi connectivity index (χ0n) is 15.5. The van der Waals surface area contributed by atoms with Crippen LogP contribution in [0.5, 0.6) is 0 Å². The van der Waals surface area contributed by atoms with Crippen molar-refractivity contribution >= 4 is 33.2 Å². The van der Waals surface area contributed by atoms with Crippen LogP contribution >= 0.6 is 11.6 Å².